The standard InChI is InChI=1S/C15H25NO2/c1-5-17-8-9-18-11-15(16-4)14-7-6-12(2)13(3)10-14/h6-7,10,15-16H,5,8-9,11H2,1-4H3. The van der Waals surface area contributed by atoms with Crippen molar-refractivity contribution in [3.05, 3.63) is 34.9 Å². The predicted molar refractivity (Wildman–Crippen MR) is 75.0 cm³/mol. The summed E-state index contributed by atoms with van der Waals surface area (Å²) in [6, 6.07) is 6.79. The summed E-state index contributed by atoms with van der Waals surface area (Å²) >= 11 is 0. The van der Waals surface area contributed by atoms with E-state index in [1.807, 2.05) is 14.0 Å². The van der Waals surface area contributed by atoms with Crippen LogP contribution in [0, 0.1) is 13.8 Å². The molecule has 102 valence electrons. The second kappa shape index (κ2) is 8.25. The van der Waals surface area contributed by atoms with Gasteiger partial charge in [0, 0.05) is 6.61 Å². The quantitative estimate of drug-likeness (QED) is 0.720. The Bertz CT molecular complexity index is 352. The lowest BCUT2D eigenvalue weighted by molar-refractivity contribution is 0.0441. The Hall–Kier alpha value is -0.900. The summed E-state index contributed by atoms with van der Waals surface area (Å²) in [6.45, 7) is 9.00. The maximum atomic E-state index is 5.63. The normalized spacial score (nSPS) is 12.7. The van der Waals surface area contributed by atoms with Crippen molar-refractivity contribution in [2.24, 2.45) is 0 Å². The zero-order valence-electron chi connectivity index (χ0n) is 12.0. The molecule has 1 rings (SSSR count). The summed E-state index contributed by atoms with van der Waals surface area (Å²) in [5.74, 6) is 0. The molecular formula is C15H25NO2. The average Bonchev–Trinajstić information content (AvgIpc) is 2.37. The Labute approximate surface area is 110 Å². The lowest BCUT2D eigenvalue weighted by Crippen LogP contribution is -2.23. The maximum Gasteiger partial charge on any atom is 0.0701 e. The first-order valence-corrected chi connectivity index (χ1v) is 6.59. The van der Waals surface area contributed by atoms with E-state index in [1.165, 1.54) is 16.7 Å². The minimum absolute atomic E-state index is 0.242. The smallest absolute Gasteiger partial charge is 0.0701 e. The first-order valence-electron chi connectivity index (χ1n) is 6.59. The Morgan fingerprint density at radius 3 is 2.44 bits per heavy atom. The van der Waals surface area contributed by atoms with E-state index in [0.717, 1.165) is 6.61 Å². The van der Waals surface area contributed by atoms with Crippen molar-refractivity contribution in [3.63, 3.8) is 0 Å². The van der Waals surface area contributed by atoms with Gasteiger partial charge in [0.2, 0.25) is 0 Å². The summed E-state index contributed by atoms with van der Waals surface area (Å²) in [5, 5.41) is 3.29. The lowest BCUT2D eigenvalue weighted by atomic mass is 10.0. The molecule has 0 saturated heterocycles. The van der Waals surface area contributed by atoms with Crippen LogP contribution in [-0.4, -0.2) is 33.5 Å². The number of ether oxygens (including phenoxy) is 2. The molecule has 0 aliphatic rings. The third kappa shape index (κ3) is 4.77. The van der Waals surface area contributed by atoms with E-state index in [9.17, 15) is 0 Å². The van der Waals surface area contributed by atoms with Gasteiger partial charge < -0.3 is 14.8 Å². The topological polar surface area (TPSA) is 30.5 Å². The number of rotatable bonds is 8. The zero-order chi connectivity index (χ0) is 13.4. The van der Waals surface area contributed by atoms with Crippen molar-refractivity contribution in [1.29, 1.82) is 0 Å². The molecule has 1 atom stereocenters. The van der Waals surface area contributed by atoms with Crippen LogP contribution in [0.3, 0.4) is 0 Å². The first kappa shape index (κ1) is 15.2. The molecule has 3 nitrogen and oxygen atoms in total. The minimum Gasteiger partial charge on any atom is -0.379 e. The Balaban J connectivity index is 2.47. The molecule has 0 aliphatic carbocycles. The number of benzene rings is 1. The van der Waals surface area contributed by atoms with Gasteiger partial charge in [-0.3, -0.25) is 0 Å². The van der Waals surface area contributed by atoms with Crippen molar-refractivity contribution in [1.82, 2.24) is 5.32 Å². The van der Waals surface area contributed by atoms with E-state index in [4.69, 9.17) is 9.47 Å². The van der Waals surface area contributed by atoms with Crippen LogP contribution >= 0.6 is 0 Å². The molecule has 18 heavy (non-hydrogen) atoms. The Kier molecular flexibility index (Phi) is 6.94. The van der Waals surface area contributed by atoms with Crippen LogP contribution in [0.2, 0.25) is 0 Å². The zero-order valence-corrected chi connectivity index (χ0v) is 12.0. The van der Waals surface area contributed by atoms with Gasteiger partial charge in [-0.1, -0.05) is 18.2 Å². The highest BCUT2D eigenvalue weighted by atomic mass is 16.5. The second-order valence-electron chi connectivity index (χ2n) is 4.46. The number of aryl methyl sites for hydroxylation is 2. The van der Waals surface area contributed by atoms with Crippen LogP contribution in [0.5, 0.6) is 0 Å². The number of hydrogen-bond donors (Lipinski definition) is 1. The van der Waals surface area contributed by atoms with Crippen molar-refractivity contribution in [3.8, 4) is 0 Å². The minimum atomic E-state index is 0.242. The van der Waals surface area contributed by atoms with Gasteiger partial charge in [0.05, 0.1) is 25.9 Å². The summed E-state index contributed by atoms with van der Waals surface area (Å²) < 4.78 is 10.9. The Morgan fingerprint density at radius 2 is 1.83 bits per heavy atom. The van der Waals surface area contributed by atoms with Gasteiger partial charge in [0.25, 0.3) is 0 Å². The summed E-state index contributed by atoms with van der Waals surface area (Å²) in [6.07, 6.45) is 0. The SMILES string of the molecule is CCOCCOCC(NC)c1ccc(C)c(C)c1. The van der Waals surface area contributed by atoms with Crippen LogP contribution in [-0.2, 0) is 9.47 Å². The molecule has 0 spiro atoms. The van der Waals surface area contributed by atoms with E-state index in [2.05, 4.69) is 37.4 Å². The summed E-state index contributed by atoms with van der Waals surface area (Å²) in [7, 11) is 1.96. The second-order valence-corrected chi connectivity index (χ2v) is 4.46. The average molecular weight is 251 g/mol. The molecule has 1 unspecified atom stereocenters. The van der Waals surface area contributed by atoms with Crippen LogP contribution < -0.4 is 5.32 Å². The van der Waals surface area contributed by atoms with Crippen molar-refractivity contribution in [2.45, 2.75) is 26.8 Å². The van der Waals surface area contributed by atoms with Gasteiger partial charge in [0.15, 0.2) is 0 Å². The molecule has 0 radical (unpaired) electrons. The van der Waals surface area contributed by atoms with Gasteiger partial charge in [-0.25, -0.2) is 0 Å². The fourth-order valence-electron chi connectivity index (χ4n) is 1.79. The van der Waals surface area contributed by atoms with E-state index in [-0.39, 0.29) is 6.04 Å². The number of likely N-dealkylation sites (N-methyl/N-ethyl adjacent to an activating group) is 1. The molecule has 0 aliphatic heterocycles. The molecule has 3 heteroatoms. The number of nitrogens with one attached hydrogen (secondary N) is 1. The van der Waals surface area contributed by atoms with E-state index >= 15 is 0 Å². The maximum absolute atomic E-state index is 5.63. The monoisotopic (exact) mass is 251 g/mol. The van der Waals surface area contributed by atoms with Gasteiger partial charge in [-0.05, 0) is 44.5 Å². The molecule has 1 N–H and O–H groups in total. The lowest BCUT2D eigenvalue weighted by Gasteiger charge is -2.18. The van der Waals surface area contributed by atoms with Gasteiger partial charge in [0.1, 0.15) is 0 Å². The molecule has 1 aromatic carbocycles. The highest BCUT2D eigenvalue weighted by molar-refractivity contribution is 5.31. The molecule has 0 aromatic heterocycles. The predicted octanol–water partition coefficient (Wildman–Crippen LogP) is 2.62. The van der Waals surface area contributed by atoms with Gasteiger partial charge >= 0.3 is 0 Å². The fourth-order valence-corrected chi connectivity index (χ4v) is 1.79. The summed E-state index contributed by atoms with van der Waals surface area (Å²) in [5.41, 5.74) is 3.92. The highest BCUT2D eigenvalue weighted by Crippen LogP contribution is 2.17. The van der Waals surface area contributed by atoms with Crippen molar-refractivity contribution >= 4 is 0 Å². The van der Waals surface area contributed by atoms with E-state index in [1.54, 1.807) is 0 Å². The molecule has 0 saturated carbocycles. The number of hydrogen-bond acceptors (Lipinski definition) is 3. The van der Waals surface area contributed by atoms with Crippen LogP contribution in [0.15, 0.2) is 18.2 Å². The van der Waals surface area contributed by atoms with Crippen LogP contribution in [0.4, 0.5) is 0 Å². The van der Waals surface area contributed by atoms with E-state index in [0.29, 0.717) is 19.8 Å². The highest BCUT2D eigenvalue weighted by Gasteiger charge is 2.09. The molecule has 0 fully saturated rings. The van der Waals surface area contributed by atoms with Crippen molar-refractivity contribution in [2.75, 3.05) is 33.5 Å². The van der Waals surface area contributed by atoms with Gasteiger partial charge in [-0.2, -0.15) is 0 Å². The molecule has 1 aromatic rings. The molecule has 0 heterocycles. The van der Waals surface area contributed by atoms with Crippen LogP contribution in [0.1, 0.15) is 29.7 Å². The van der Waals surface area contributed by atoms with Crippen molar-refractivity contribution < 1.29 is 9.47 Å². The Morgan fingerprint density at radius 1 is 1.11 bits per heavy atom. The summed E-state index contributed by atoms with van der Waals surface area (Å²) in [4.78, 5) is 0. The molecule has 0 amide bonds. The third-order valence-corrected chi connectivity index (χ3v) is 3.14. The first-order chi connectivity index (χ1) is 8.69. The van der Waals surface area contributed by atoms with Gasteiger partial charge in [-0.15, -0.1) is 0 Å². The third-order valence-electron chi connectivity index (χ3n) is 3.14. The largest absolute Gasteiger partial charge is 0.379 e. The van der Waals surface area contributed by atoms with Crippen LogP contribution in [0.25, 0.3) is 0 Å². The fraction of sp³-hybridized carbons (Fsp3) is 0.600. The molecule has 0 bridgehead atoms. The van der Waals surface area contributed by atoms with E-state index < -0.39 is 0 Å². The molecular weight excluding hydrogens is 226 g/mol.